The molecule has 0 spiro atoms. The zero-order valence-corrected chi connectivity index (χ0v) is 12.5. The Labute approximate surface area is 126 Å². The summed E-state index contributed by atoms with van der Waals surface area (Å²) in [6.45, 7) is 2.52. The fraction of sp³-hybridized carbons (Fsp3) is 0.316. The van der Waals surface area contributed by atoms with Crippen LogP contribution in [0.25, 0.3) is 0 Å². The number of hydrogen-bond acceptors (Lipinski definition) is 1. The number of hydrogen-bond donors (Lipinski definition) is 0. The van der Waals surface area contributed by atoms with Crippen molar-refractivity contribution in [1.82, 2.24) is 4.90 Å². The molecule has 0 radical (unpaired) electrons. The van der Waals surface area contributed by atoms with E-state index in [2.05, 4.69) is 48.5 Å². The number of fused-ring (bicyclic) bond motifs is 1. The molecule has 0 saturated heterocycles. The maximum atomic E-state index is 12.0. The third-order valence-electron chi connectivity index (χ3n) is 4.37. The van der Waals surface area contributed by atoms with Gasteiger partial charge in [0.1, 0.15) is 0 Å². The molecule has 2 aromatic carbocycles. The predicted octanol–water partition coefficient (Wildman–Crippen LogP) is 3.77. The molecule has 21 heavy (non-hydrogen) atoms. The van der Waals surface area contributed by atoms with Gasteiger partial charge in [-0.25, -0.2) is 0 Å². The zero-order chi connectivity index (χ0) is 14.7. The van der Waals surface area contributed by atoms with E-state index in [1.807, 2.05) is 11.0 Å². The molecule has 1 amide bonds. The standard InChI is InChI=1S/C19H21NO/c1-15(21)20-14-13-17-9-5-6-10-18(17)19(20)12-11-16-7-3-2-4-8-16/h2-10,19H,11-14H2,1H3. The second-order valence-corrected chi connectivity index (χ2v) is 5.70. The molecule has 1 aliphatic heterocycles. The first-order chi connectivity index (χ1) is 10.3. The summed E-state index contributed by atoms with van der Waals surface area (Å²) in [7, 11) is 0. The van der Waals surface area contributed by atoms with E-state index in [1.165, 1.54) is 16.7 Å². The highest BCUT2D eigenvalue weighted by Crippen LogP contribution is 2.33. The summed E-state index contributed by atoms with van der Waals surface area (Å²) in [5, 5.41) is 0. The van der Waals surface area contributed by atoms with Crippen LogP contribution < -0.4 is 0 Å². The van der Waals surface area contributed by atoms with Crippen LogP contribution in [0.4, 0.5) is 0 Å². The first-order valence-corrected chi connectivity index (χ1v) is 7.64. The van der Waals surface area contributed by atoms with Crippen molar-refractivity contribution in [2.75, 3.05) is 6.54 Å². The van der Waals surface area contributed by atoms with Crippen LogP contribution in [-0.2, 0) is 17.6 Å². The fourth-order valence-corrected chi connectivity index (χ4v) is 3.29. The van der Waals surface area contributed by atoms with Crippen molar-refractivity contribution in [2.24, 2.45) is 0 Å². The van der Waals surface area contributed by atoms with E-state index in [-0.39, 0.29) is 11.9 Å². The van der Waals surface area contributed by atoms with Crippen molar-refractivity contribution >= 4 is 5.91 Å². The molecule has 0 aliphatic carbocycles. The number of carbonyl (C=O) groups excluding carboxylic acids is 1. The topological polar surface area (TPSA) is 20.3 Å². The molecular weight excluding hydrogens is 258 g/mol. The summed E-state index contributed by atoms with van der Waals surface area (Å²) >= 11 is 0. The predicted molar refractivity (Wildman–Crippen MR) is 85.0 cm³/mol. The maximum absolute atomic E-state index is 12.0. The Hall–Kier alpha value is -2.09. The van der Waals surface area contributed by atoms with Crippen LogP contribution in [0.1, 0.15) is 36.1 Å². The van der Waals surface area contributed by atoms with Crippen molar-refractivity contribution in [3.8, 4) is 0 Å². The highest BCUT2D eigenvalue weighted by atomic mass is 16.2. The Bertz CT molecular complexity index is 620. The minimum absolute atomic E-state index is 0.183. The fourth-order valence-electron chi connectivity index (χ4n) is 3.29. The summed E-state index contributed by atoms with van der Waals surface area (Å²) in [4.78, 5) is 14.0. The first-order valence-electron chi connectivity index (χ1n) is 7.64. The quantitative estimate of drug-likeness (QED) is 0.837. The first kappa shape index (κ1) is 13.9. The average Bonchev–Trinajstić information content (AvgIpc) is 2.53. The molecular formula is C19H21NO. The molecule has 2 nitrogen and oxygen atoms in total. The zero-order valence-electron chi connectivity index (χ0n) is 12.5. The van der Waals surface area contributed by atoms with Gasteiger partial charge in [-0.2, -0.15) is 0 Å². The van der Waals surface area contributed by atoms with Gasteiger partial charge in [-0.15, -0.1) is 0 Å². The molecule has 2 aromatic rings. The Balaban J connectivity index is 1.83. The van der Waals surface area contributed by atoms with Crippen LogP contribution in [0.5, 0.6) is 0 Å². The molecule has 1 heterocycles. The summed E-state index contributed by atoms with van der Waals surface area (Å²) in [5.41, 5.74) is 4.06. The molecule has 1 atom stereocenters. The van der Waals surface area contributed by atoms with Crippen LogP contribution in [0, 0.1) is 0 Å². The number of aryl methyl sites for hydroxylation is 1. The molecule has 108 valence electrons. The van der Waals surface area contributed by atoms with Gasteiger partial charge in [0.25, 0.3) is 0 Å². The Morgan fingerprint density at radius 2 is 1.81 bits per heavy atom. The SMILES string of the molecule is CC(=O)N1CCc2ccccc2C1CCc1ccccc1. The van der Waals surface area contributed by atoms with Gasteiger partial charge in [-0.1, -0.05) is 54.6 Å². The van der Waals surface area contributed by atoms with Crippen molar-refractivity contribution in [3.63, 3.8) is 0 Å². The normalized spacial score (nSPS) is 17.4. The van der Waals surface area contributed by atoms with Gasteiger partial charge >= 0.3 is 0 Å². The molecule has 2 heteroatoms. The van der Waals surface area contributed by atoms with Gasteiger partial charge in [0.05, 0.1) is 6.04 Å². The number of benzene rings is 2. The van der Waals surface area contributed by atoms with Crippen molar-refractivity contribution < 1.29 is 4.79 Å². The lowest BCUT2D eigenvalue weighted by Gasteiger charge is -2.37. The molecule has 0 aromatic heterocycles. The Morgan fingerprint density at radius 1 is 1.10 bits per heavy atom. The lowest BCUT2D eigenvalue weighted by Crippen LogP contribution is -2.38. The van der Waals surface area contributed by atoms with Crippen molar-refractivity contribution in [1.29, 1.82) is 0 Å². The molecule has 0 bridgehead atoms. The Morgan fingerprint density at radius 3 is 2.57 bits per heavy atom. The minimum atomic E-state index is 0.183. The van der Waals surface area contributed by atoms with Crippen molar-refractivity contribution in [2.45, 2.75) is 32.2 Å². The molecule has 0 fully saturated rings. The minimum Gasteiger partial charge on any atom is -0.336 e. The van der Waals surface area contributed by atoms with Crippen LogP contribution in [0.15, 0.2) is 54.6 Å². The number of amides is 1. The monoisotopic (exact) mass is 279 g/mol. The maximum Gasteiger partial charge on any atom is 0.219 e. The van der Waals surface area contributed by atoms with Crippen molar-refractivity contribution in [3.05, 3.63) is 71.3 Å². The highest BCUT2D eigenvalue weighted by Gasteiger charge is 2.28. The van der Waals surface area contributed by atoms with E-state index in [0.29, 0.717) is 0 Å². The van der Waals surface area contributed by atoms with Crippen LogP contribution in [-0.4, -0.2) is 17.4 Å². The van der Waals surface area contributed by atoms with Gasteiger partial charge in [0.2, 0.25) is 5.91 Å². The van der Waals surface area contributed by atoms with E-state index in [9.17, 15) is 4.79 Å². The third-order valence-corrected chi connectivity index (χ3v) is 4.37. The summed E-state index contributed by atoms with van der Waals surface area (Å²) in [6.07, 6.45) is 2.96. The number of nitrogens with zero attached hydrogens (tertiary/aromatic N) is 1. The molecule has 0 N–H and O–H groups in total. The number of carbonyl (C=O) groups is 1. The van der Waals surface area contributed by atoms with E-state index in [1.54, 1.807) is 6.92 Å². The lowest BCUT2D eigenvalue weighted by atomic mass is 9.89. The second kappa shape index (κ2) is 6.13. The molecule has 3 rings (SSSR count). The van der Waals surface area contributed by atoms with Crippen LogP contribution >= 0.6 is 0 Å². The largest absolute Gasteiger partial charge is 0.336 e. The molecule has 0 saturated carbocycles. The molecule has 1 unspecified atom stereocenters. The summed E-state index contributed by atoms with van der Waals surface area (Å²) in [5.74, 6) is 0.183. The smallest absolute Gasteiger partial charge is 0.219 e. The van der Waals surface area contributed by atoms with Crippen LogP contribution in [0.3, 0.4) is 0 Å². The van der Waals surface area contributed by atoms with Gasteiger partial charge in [0.15, 0.2) is 0 Å². The van der Waals surface area contributed by atoms with Crippen LogP contribution in [0.2, 0.25) is 0 Å². The van der Waals surface area contributed by atoms with E-state index >= 15 is 0 Å². The van der Waals surface area contributed by atoms with Gasteiger partial charge in [-0.3, -0.25) is 4.79 Å². The summed E-state index contributed by atoms with van der Waals surface area (Å²) < 4.78 is 0. The van der Waals surface area contributed by atoms with E-state index < -0.39 is 0 Å². The Kier molecular flexibility index (Phi) is 4.05. The molecule has 1 aliphatic rings. The highest BCUT2D eigenvalue weighted by molar-refractivity contribution is 5.74. The summed E-state index contributed by atoms with van der Waals surface area (Å²) in [6, 6.07) is 19.3. The average molecular weight is 279 g/mol. The van der Waals surface area contributed by atoms with Gasteiger partial charge in [-0.05, 0) is 36.0 Å². The lowest BCUT2D eigenvalue weighted by molar-refractivity contribution is -0.131. The van der Waals surface area contributed by atoms with E-state index in [4.69, 9.17) is 0 Å². The van der Waals surface area contributed by atoms with E-state index in [0.717, 1.165) is 25.8 Å². The van der Waals surface area contributed by atoms with Gasteiger partial charge < -0.3 is 4.90 Å². The number of rotatable bonds is 3. The second-order valence-electron chi connectivity index (χ2n) is 5.70. The van der Waals surface area contributed by atoms with Gasteiger partial charge in [0, 0.05) is 13.5 Å². The third kappa shape index (κ3) is 2.99.